The molecule has 0 radical (unpaired) electrons. The van der Waals surface area contributed by atoms with Gasteiger partial charge in [-0.25, -0.2) is 0 Å². The Kier molecular flexibility index (Phi) is 3.97. The lowest BCUT2D eigenvalue weighted by Crippen LogP contribution is -2.07. The number of carboxylic acids is 1. The van der Waals surface area contributed by atoms with Crippen molar-refractivity contribution in [1.29, 1.82) is 0 Å². The molecular weight excluding hydrogens is 272 g/mol. The maximum atomic E-state index is 10.8. The minimum Gasteiger partial charge on any atom is -0.495 e. The van der Waals surface area contributed by atoms with E-state index in [2.05, 4.69) is 15.9 Å². The van der Waals surface area contributed by atoms with Crippen LogP contribution in [0.2, 0.25) is 0 Å². The Bertz CT molecular complexity index is 409. The molecule has 0 unspecified atom stereocenters. The van der Waals surface area contributed by atoms with Gasteiger partial charge in [0.2, 0.25) is 0 Å². The molecule has 0 heterocycles. The SMILES string of the molecule is COc1c(C)c(C)c(CC(=O)O)c(C)c1Br. The lowest BCUT2D eigenvalue weighted by atomic mass is 9.95. The number of hydrogen-bond donors (Lipinski definition) is 1. The quantitative estimate of drug-likeness (QED) is 0.929. The van der Waals surface area contributed by atoms with Crippen molar-refractivity contribution in [2.75, 3.05) is 7.11 Å². The molecular formula is C12H15BrO3. The summed E-state index contributed by atoms with van der Waals surface area (Å²) in [6.45, 7) is 5.76. The summed E-state index contributed by atoms with van der Waals surface area (Å²) in [7, 11) is 1.61. The first-order valence-electron chi connectivity index (χ1n) is 4.94. The number of ether oxygens (including phenoxy) is 1. The van der Waals surface area contributed by atoms with E-state index >= 15 is 0 Å². The first-order valence-corrected chi connectivity index (χ1v) is 5.73. The van der Waals surface area contributed by atoms with Gasteiger partial charge in [-0.1, -0.05) is 0 Å². The Balaban J connectivity index is 3.47. The molecule has 0 saturated carbocycles. The molecule has 0 atom stereocenters. The van der Waals surface area contributed by atoms with Gasteiger partial charge in [0.25, 0.3) is 0 Å². The van der Waals surface area contributed by atoms with Crippen LogP contribution >= 0.6 is 15.9 Å². The van der Waals surface area contributed by atoms with Crippen molar-refractivity contribution in [3.05, 3.63) is 26.7 Å². The van der Waals surface area contributed by atoms with E-state index in [1.165, 1.54) is 0 Å². The molecule has 0 saturated heterocycles. The summed E-state index contributed by atoms with van der Waals surface area (Å²) in [5.41, 5.74) is 3.76. The fraction of sp³-hybridized carbons (Fsp3) is 0.417. The van der Waals surface area contributed by atoms with Gasteiger partial charge in [0.15, 0.2) is 0 Å². The van der Waals surface area contributed by atoms with E-state index in [1.807, 2.05) is 20.8 Å². The van der Waals surface area contributed by atoms with Crippen LogP contribution in [0.1, 0.15) is 22.3 Å². The largest absolute Gasteiger partial charge is 0.495 e. The molecule has 1 N–H and O–H groups in total. The number of halogens is 1. The number of aliphatic carboxylic acids is 1. The predicted octanol–water partition coefficient (Wildman–Crippen LogP) is 3.01. The van der Waals surface area contributed by atoms with Crippen LogP contribution in [-0.4, -0.2) is 18.2 Å². The van der Waals surface area contributed by atoms with Gasteiger partial charge in [0.05, 0.1) is 18.0 Å². The van der Waals surface area contributed by atoms with Crippen LogP contribution in [0.25, 0.3) is 0 Å². The minimum atomic E-state index is -0.817. The van der Waals surface area contributed by atoms with Crippen LogP contribution in [0, 0.1) is 20.8 Å². The molecule has 3 nitrogen and oxygen atoms in total. The number of rotatable bonds is 3. The molecule has 0 aliphatic rings. The van der Waals surface area contributed by atoms with E-state index in [1.54, 1.807) is 7.11 Å². The third-order valence-electron chi connectivity index (χ3n) is 2.87. The lowest BCUT2D eigenvalue weighted by Gasteiger charge is -2.17. The molecule has 1 rings (SSSR count). The molecule has 0 bridgehead atoms. The first-order chi connectivity index (χ1) is 7.40. The van der Waals surface area contributed by atoms with Gasteiger partial charge in [0.1, 0.15) is 5.75 Å². The summed E-state index contributed by atoms with van der Waals surface area (Å²) in [4.78, 5) is 10.8. The Hall–Kier alpha value is -1.03. The molecule has 1 aromatic carbocycles. The highest BCUT2D eigenvalue weighted by atomic mass is 79.9. The summed E-state index contributed by atoms with van der Waals surface area (Å²) < 4.78 is 6.15. The number of carbonyl (C=O) groups is 1. The monoisotopic (exact) mass is 286 g/mol. The topological polar surface area (TPSA) is 46.5 Å². The van der Waals surface area contributed by atoms with Crippen molar-refractivity contribution in [3.8, 4) is 5.75 Å². The summed E-state index contributed by atoms with van der Waals surface area (Å²) >= 11 is 3.45. The molecule has 0 amide bonds. The van der Waals surface area contributed by atoms with E-state index in [9.17, 15) is 4.79 Å². The number of methoxy groups -OCH3 is 1. The van der Waals surface area contributed by atoms with Gasteiger partial charge in [-0.05, 0) is 59.0 Å². The van der Waals surface area contributed by atoms with E-state index in [0.29, 0.717) is 0 Å². The average Bonchev–Trinajstić information content (AvgIpc) is 2.22. The molecule has 1 aromatic rings. The fourth-order valence-electron chi connectivity index (χ4n) is 1.80. The second kappa shape index (κ2) is 4.87. The highest BCUT2D eigenvalue weighted by molar-refractivity contribution is 9.10. The maximum Gasteiger partial charge on any atom is 0.307 e. The normalized spacial score (nSPS) is 10.3. The van der Waals surface area contributed by atoms with E-state index < -0.39 is 5.97 Å². The van der Waals surface area contributed by atoms with Gasteiger partial charge in [-0.3, -0.25) is 4.79 Å². The van der Waals surface area contributed by atoms with Crippen LogP contribution in [0.5, 0.6) is 5.75 Å². The number of benzene rings is 1. The third kappa shape index (κ3) is 2.21. The summed E-state index contributed by atoms with van der Waals surface area (Å²) in [5.74, 6) is -0.0354. The third-order valence-corrected chi connectivity index (χ3v) is 3.82. The van der Waals surface area contributed by atoms with E-state index in [-0.39, 0.29) is 6.42 Å². The second-order valence-electron chi connectivity index (χ2n) is 3.77. The summed E-state index contributed by atoms with van der Waals surface area (Å²) in [6, 6.07) is 0. The Morgan fingerprint density at radius 3 is 2.25 bits per heavy atom. The Morgan fingerprint density at radius 1 is 1.25 bits per heavy atom. The second-order valence-corrected chi connectivity index (χ2v) is 4.56. The summed E-state index contributed by atoms with van der Waals surface area (Å²) in [6.07, 6.45) is 0.0428. The van der Waals surface area contributed by atoms with Crippen LogP contribution in [0.3, 0.4) is 0 Å². The zero-order valence-corrected chi connectivity index (χ0v) is 11.4. The number of carboxylic acid groups (broad SMARTS) is 1. The van der Waals surface area contributed by atoms with Gasteiger partial charge in [-0.15, -0.1) is 0 Å². The molecule has 0 aliphatic heterocycles. The smallest absolute Gasteiger partial charge is 0.307 e. The zero-order valence-electron chi connectivity index (χ0n) is 9.85. The molecule has 88 valence electrons. The summed E-state index contributed by atoms with van der Waals surface area (Å²) in [5, 5.41) is 8.88. The Morgan fingerprint density at radius 2 is 1.81 bits per heavy atom. The maximum absolute atomic E-state index is 10.8. The van der Waals surface area contributed by atoms with E-state index in [4.69, 9.17) is 9.84 Å². The average molecular weight is 287 g/mol. The minimum absolute atomic E-state index is 0.0428. The van der Waals surface area contributed by atoms with Crippen LogP contribution in [0.15, 0.2) is 4.47 Å². The molecule has 0 fully saturated rings. The fourth-order valence-corrected chi connectivity index (χ4v) is 2.50. The van der Waals surface area contributed by atoms with Crippen molar-refractivity contribution in [2.45, 2.75) is 27.2 Å². The highest BCUT2D eigenvalue weighted by Crippen LogP contribution is 2.37. The molecule has 0 aliphatic carbocycles. The predicted molar refractivity (Wildman–Crippen MR) is 66.2 cm³/mol. The number of hydrogen-bond acceptors (Lipinski definition) is 2. The van der Waals surface area contributed by atoms with Crippen molar-refractivity contribution >= 4 is 21.9 Å². The zero-order chi connectivity index (χ0) is 12.5. The van der Waals surface area contributed by atoms with Crippen LogP contribution in [0.4, 0.5) is 0 Å². The highest BCUT2D eigenvalue weighted by Gasteiger charge is 2.17. The standard InChI is InChI=1S/C12H15BrO3/c1-6-7(2)12(16-4)11(13)8(3)9(6)5-10(14)15/h5H2,1-4H3,(H,14,15). The first kappa shape index (κ1) is 13.0. The van der Waals surface area contributed by atoms with Gasteiger partial charge in [0, 0.05) is 0 Å². The van der Waals surface area contributed by atoms with E-state index in [0.717, 1.165) is 32.5 Å². The molecule has 16 heavy (non-hydrogen) atoms. The van der Waals surface area contributed by atoms with Crippen LogP contribution in [-0.2, 0) is 11.2 Å². The van der Waals surface area contributed by atoms with Gasteiger partial charge >= 0.3 is 5.97 Å². The Labute approximate surface area is 104 Å². The molecule has 0 spiro atoms. The van der Waals surface area contributed by atoms with Gasteiger partial charge < -0.3 is 9.84 Å². The van der Waals surface area contributed by atoms with Gasteiger partial charge in [-0.2, -0.15) is 0 Å². The lowest BCUT2D eigenvalue weighted by molar-refractivity contribution is -0.136. The van der Waals surface area contributed by atoms with Crippen molar-refractivity contribution in [3.63, 3.8) is 0 Å². The van der Waals surface area contributed by atoms with Crippen LogP contribution < -0.4 is 4.74 Å². The van der Waals surface area contributed by atoms with Crippen molar-refractivity contribution in [2.24, 2.45) is 0 Å². The van der Waals surface area contributed by atoms with Crippen molar-refractivity contribution in [1.82, 2.24) is 0 Å². The van der Waals surface area contributed by atoms with Crippen molar-refractivity contribution < 1.29 is 14.6 Å². The molecule has 0 aromatic heterocycles. The molecule has 4 heteroatoms.